The SMILES string of the molecule is O=C(Cc1cccs1)Nc1ccccc1C(=O)Nc1cccc(C(F)(F)F)c1. The summed E-state index contributed by atoms with van der Waals surface area (Å²) in [5.41, 5.74) is -0.407. The number of anilines is 2. The van der Waals surface area contributed by atoms with Crippen LogP contribution in [0.15, 0.2) is 66.0 Å². The first-order valence-corrected chi connectivity index (χ1v) is 9.11. The third-order valence-corrected chi connectivity index (χ3v) is 4.68. The monoisotopic (exact) mass is 404 g/mol. The lowest BCUT2D eigenvalue weighted by atomic mass is 10.1. The summed E-state index contributed by atoms with van der Waals surface area (Å²) in [6, 6.07) is 14.3. The Bertz CT molecular complexity index is 985. The highest BCUT2D eigenvalue weighted by atomic mass is 32.1. The van der Waals surface area contributed by atoms with Crippen LogP contribution in [0.3, 0.4) is 0 Å². The van der Waals surface area contributed by atoms with Gasteiger partial charge in [-0.1, -0.05) is 24.3 Å². The minimum absolute atomic E-state index is 0.0135. The van der Waals surface area contributed by atoms with Gasteiger partial charge >= 0.3 is 6.18 Å². The maximum Gasteiger partial charge on any atom is 0.416 e. The molecule has 3 rings (SSSR count). The fourth-order valence-corrected chi connectivity index (χ4v) is 3.23. The highest BCUT2D eigenvalue weighted by molar-refractivity contribution is 7.10. The van der Waals surface area contributed by atoms with Gasteiger partial charge < -0.3 is 10.6 Å². The van der Waals surface area contributed by atoms with Crippen molar-refractivity contribution in [2.75, 3.05) is 10.6 Å². The maximum absolute atomic E-state index is 12.8. The summed E-state index contributed by atoms with van der Waals surface area (Å²) in [6.07, 6.45) is -4.34. The van der Waals surface area contributed by atoms with Gasteiger partial charge in [-0.15, -0.1) is 11.3 Å². The van der Waals surface area contributed by atoms with Crippen LogP contribution in [0.5, 0.6) is 0 Å². The molecular weight excluding hydrogens is 389 g/mol. The van der Waals surface area contributed by atoms with E-state index in [1.165, 1.54) is 29.5 Å². The van der Waals surface area contributed by atoms with Crippen molar-refractivity contribution in [2.24, 2.45) is 0 Å². The molecule has 2 aromatic carbocycles. The average molecular weight is 404 g/mol. The predicted octanol–water partition coefficient (Wildman–Crippen LogP) is 5.20. The Kier molecular flexibility index (Phi) is 5.79. The highest BCUT2D eigenvalue weighted by Crippen LogP contribution is 2.31. The van der Waals surface area contributed by atoms with Gasteiger partial charge in [0.15, 0.2) is 0 Å². The summed E-state index contributed by atoms with van der Waals surface area (Å²) in [5, 5.41) is 6.98. The summed E-state index contributed by atoms with van der Waals surface area (Å²) in [4.78, 5) is 25.6. The van der Waals surface area contributed by atoms with Gasteiger partial charge in [0.1, 0.15) is 0 Å². The van der Waals surface area contributed by atoms with E-state index >= 15 is 0 Å². The number of alkyl halides is 3. The number of carbonyl (C=O) groups excluding carboxylic acids is 2. The van der Waals surface area contributed by atoms with Crippen LogP contribution in [-0.2, 0) is 17.4 Å². The first-order valence-electron chi connectivity index (χ1n) is 8.23. The molecule has 1 aromatic heterocycles. The van der Waals surface area contributed by atoms with Gasteiger partial charge in [0, 0.05) is 10.6 Å². The van der Waals surface area contributed by atoms with Crippen molar-refractivity contribution in [3.8, 4) is 0 Å². The van der Waals surface area contributed by atoms with Gasteiger partial charge in [0.2, 0.25) is 5.91 Å². The number of carbonyl (C=O) groups is 2. The quantitative estimate of drug-likeness (QED) is 0.614. The molecule has 2 amide bonds. The van der Waals surface area contributed by atoms with E-state index in [2.05, 4.69) is 10.6 Å². The number of hydrogen-bond donors (Lipinski definition) is 2. The molecule has 0 bridgehead atoms. The Morgan fingerprint density at radius 1 is 0.929 bits per heavy atom. The number of amides is 2. The molecule has 0 fully saturated rings. The third-order valence-electron chi connectivity index (χ3n) is 3.81. The molecule has 144 valence electrons. The normalized spacial score (nSPS) is 11.1. The molecule has 0 saturated carbocycles. The van der Waals surface area contributed by atoms with Crippen LogP contribution < -0.4 is 10.6 Å². The van der Waals surface area contributed by atoms with Crippen LogP contribution in [0, 0.1) is 0 Å². The standard InChI is InChI=1S/C20H15F3N2O2S/c21-20(22,23)13-5-3-6-14(11-13)24-19(27)16-8-1-2-9-17(16)25-18(26)12-15-7-4-10-28-15/h1-11H,12H2,(H,24,27)(H,25,26). The second-order valence-corrected chi connectivity index (χ2v) is 6.91. The molecule has 2 N–H and O–H groups in total. The fraction of sp³-hybridized carbons (Fsp3) is 0.100. The van der Waals surface area contributed by atoms with E-state index in [1.54, 1.807) is 18.2 Å². The minimum Gasteiger partial charge on any atom is -0.325 e. The summed E-state index contributed by atoms with van der Waals surface area (Å²) >= 11 is 1.45. The van der Waals surface area contributed by atoms with Crippen LogP contribution in [0.1, 0.15) is 20.8 Å². The maximum atomic E-state index is 12.8. The second-order valence-electron chi connectivity index (χ2n) is 5.88. The van der Waals surface area contributed by atoms with E-state index in [9.17, 15) is 22.8 Å². The average Bonchev–Trinajstić information content (AvgIpc) is 3.14. The van der Waals surface area contributed by atoms with E-state index in [0.29, 0.717) is 0 Å². The number of hydrogen-bond acceptors (Lipinski definition) is 3. The van der Waals surface area contributed by atoms with Gasteiger partial charge in [0.25, 0.3) is 5.91 Å². The third kappa shape index (κ3) is 4.98. The first kappa shape index (κ1) is 19.6. The fourth-order valence-electron chi connectivity index (χ4n) is 2.53. The van der Waals surface area contributed by atoms with Crippen molar-refractivity contribution in [1.29, 1.82) is 0 Å². The Labute approximate surface area is 163 Å². The van der Waals surface area contributed by atoms with Crippen molar-refractivity contribution in [3.63, 3.8) is 0 Å². The van der Waals surface area contributed by atoms with Crippen molar-refractivity contribution >= 4 is 34.5 Å². The predicted molar refractivity (Wildman–Crippen MR) is 102 cm³/mol. The largest absolute Gasteiger partial charge is 0.416 e. The zero-order chi connectivity index (χ0) is 20.1. The van der Waals surface area contributed by atoms with Crippen LogP contribution in [-0.4, -0.2) is 11.8 Å². The molecule has 3 aromatic rings. The summed E-state index contributed by atoms with van der Waals surface area (Å²) in [7, 11) is 0. The van der Waals surface area contributed by atoms with Crippen molar-refractivity contribution in [2.45, 2.75) is 12.6 Å². The Morgan fingerprint density at radius 2 is 1.71 bits per heavy atom. The topological polar surface area (TPSA) is 58.2 Å². The van der Waals surface area contributed by atoms with E-state index in [1.807, 2.05) is 17.5 Å². The van der Waals surface area contributed by atoms with E-state index < -0.39 is 17.6 Å². The Hall–Kier alpha value is -3.13. The van der Waals surface area contributed by atoms with E-state index in [4.69, 9.17) is 0 Å². The number of halogens is 3. The molecule has 0 spiro atoms. The molecule has 1 heterocycles. The van der Waals surface area contributed by atoms with Gasteiger partial charge in [-0.3, -0.25) is 9.59 Å². The van der Waals surface area contributed by atoms with Crippen LogP contribution in [0.25, 0.3) is 0 Å². The Morgan fingerprint density at radius 3 is 2.43 bits per heavy atom. The van der Waals surface area contributed by atoms with Gasteiger partial charge in [-0.25, -0.2) is 0 Å². The van der Waals surface area contributed by atoms with Gasteiger partial charge in [-0.05, 0) is 41.8 Å². The lowest BCUT2D eigenvalue weighted by Crippen LogP contribution is -2.19. The van der Waals surface area contributed by atoms with Crippen molar-refractivity contribution in [3.05, 3.63) is 82.0 Å². The highest BCUT2D eigenvalue weighted by Gasteiger charge is 2.30. The summed E-state index contributed by atoms with van der Waals surface area (Å²) < 4.78 is 38.5. The van der Waals surface area contributed by atoms with E-state index in [-0.39, 0.29) is 29.3 Å². The molecule has 0 saturated heterocycles. The second kappa shape index (κ2) is 8.26. The number of para-hydroxylation sites is 1. The molecule has 0 aliphatic heterocycles. The molecule has 28 heavy (non-hydrogen) atoms. The molecule has 4 nitrogen and oxygen atoms in total. The van der Waals surface area contributed by atoms with Gasteiger partial charge in [-0.2, -0.15) is 13.2 Å². The number of thiophene rings is 1. The van der Waals surface area contributed by atoms with Crippen molar-refractivity contribution < 1.29 is 22.8 Å². The van der Waals surface area contributed by atoms with Crippen LogP contribution in [0.2, 0.25) is 0 Å². The summed E-state index contributed by atoms with van der Waals surface area (Å²) in [6.45, 7) is 0. The van der Waals surface area contributed by atoms with Crippen molar-refractivity contribution in [1.82, 2.24) is 0 Å². The van der Waals surface area contributed by atoms with Crippen LogP contribution in [0.4, 0.5) is 24.5 Å². The zero-order valence-electron chi connectivity index (χ0n) is 14.4. The molecule has 8 heteroatoms. The molecule has 0 aliphatic rings. The smallest absolute Gasteiger partial charge is 0.325 e. The lowest BCUT2D eigenvalue weighted by Gasteiger charge is -2.13. The summed E-state index contributed by atoms with van der Waals surface area (Å²) in [5.74, 6) is -0.909. The number of benzene rings is 2. The molecule has 0 radical (unpaired) electrons. The van der Waals surface area contributed by atoms with Gasteiger partial charge in [0.05, 0.1) is 23.2 Å². The number of rotatable bonds is 5. The lowest BCUT2D eigenvalue weighted by molar-refractivity contribution is -0.137. The number of nitrogens with one attached hydrogen (secondary N) is 2. The molecule has 0 atom stereocenters. The molecular formula is C20H15F3N2O2S. The van der Waals surface area contributed by atoms with E-state index in [0.717, 1.165) is 17.0 Å². The van der Waals surface area contributed by atoms with Crippen LogP contribution >= 0.6 is 11.3 Å². The minimum atomic E-state index is -4.51. The Balaban J connectivity index is 1.75. The first-order chi connectivity index (χ1) is 13.3. The zero-order valence-corrected chi connectivity index (χ0v) is 15.2. The molecule has 0 unspecified atom stereocenters. The molecule has 0 aliphatic carbocycles.